The number of aryl methyl sites for hydroxylation is 1. The van der Waals surface area contributed by atoms with Crippen LogP contribution < -0.4 is 10.1 Å². The maximum Gasteiger partial charge on any atom is 0.227 e. The van der Waals surface area contributed by atoms with Crippen LogP contribution in [0.2, 0.25) is 0 Å². The molecule has 1 amide bonds. The molecule has 4 aromatic rings. The highest BCUT2D eigenvalue weighted by Crippen LogP contribution is 2.38. The van der Waals surface area contributed by atoms with Crippen molar-refractivity contribution in [2.45, 2.75) is 18.9 Å². The Morgan fingerprint density at radius 3 is 2.61 bits per heavy atom. The molecule has 0 radical (unpaired) electrons. The van der Waals surface area contributed by atoms with Crippen molar-refractivity contribution in [3.63, 3.8) is 0 Å². The van der Waals surface area contributed by atoms with E-state index in [1.54, 1.807) is 18.9 Å². The van der Waals surface area contributed by atoms with Gasteiger partial charge < -0.3 is 14.8 Å². The number of methoxy groups -OCH3 is 2. The largest absolute Gasteiger partial charge is 0.494 e. The first-order valence-corrected chi connectivity index (χ1v) is 10.8. The Kier molecular flexibility index (Phi) is 5.51. The van der Waals surface area contributed by atoms with Crippen molar-refractivity contribution in [3.05, 3.63) is 55.0 Å². The Morgan fingerprint density at radius 2 is 1.88 bits per heavy atom. The summed E-state index contributed by atoms with van der Waals surface area (Å²) < 4.78 is 12.6. The minimum atomic E-state index is -0.0650. The van der Waals surface area contributed by atoms with E-state index in [-0.39, 0.29) is 17.9 Å². The van der Waals surface area contributed by atoms with Crippen molar-refractivity contribution >= 4 is 22.5 Å². The molecular formula is C25H25N5O3. The lowest BCUT2D eigenvalue weighted by Crippen LogP contribution is -2.38. The molecule has 0 unspecified atom stereocenters. The van der Waals surface area contributed by atoms with Gasteiger partial charge in [-0.15, -0.1) is 0 Å². The number of hydrogen-bond acceptors (Lipinski definition) is 6. The van der Waals surface area contributed by atoms with Gasteiger partial charge in [0.2, 0.25) is 5.91 Å². The van der Waals surface area contributed by atoms with E-state index in [1.807, 2.05) is 55.7 Å². The van der Waals surface area contributed by atoms with Crippen LogP contribution in [0.5, 0.6) is 5.75 Å². The number of fused-ring (bicyclic) bond motifs is 1. The lowest BCUT2D eigenvalue weighted by molar-refractivity contribution is -0.127. The number of carbonyl (C=O) groups is 1. The van der Waals surface area contributed by atoms with Gasteiger partial charge in [0.1, 0.15) is 17.8 Å². The van der Waals surface area contributed by atoms with Crippen LogP contribution in [0.3, 0.4) is 0 Å². The van der Waals surface area contributed by atoms with Gasteiger partial charge in [-0.05, 0) is 18.9 Å². The van der Waals surface area contributed by atoms with E-state index in [4.69, 9.17) is 9.47 Å². The number of amides is 1. The van der Waals surface area contributed by atoms with E-state index < -0.39 is 0 Å². The zero-order valence-electron chi connectivity index (χ0n) is 18.8. The fourth-order valence-electron chi connectivity index (χ4n) is 4.24. The molecule has 0 aliphatic heterocycles. The summed E-state index contributed by atoms with van der Waals surface area (Å²) in [6, 6.07) is 13.7. The predicted molar refractivity (Wildman–Crippen MR) is 126 cm³/mol. The quantitative estimate of drug-likeness (QED) is 0.483. The van der Waals surface area contributed by atoms with E-state index in [1.165, 1.54) is 6.33 Å². The monoisotopic (exact) mass is 443 g/mol. The number of anilines is 1. The van der Waals surface area contributed by atoms with Crippen molar-refractivity contribution in [1.29, 1.82) is 0 Å². The molecule has 1 aliphatic carbocycles. The first-order chi connectivity index (χ1) is 16.1. The molecule has 1 saturated carbocycles. The Hall–Kier alpha value is -3.78. The molecule has 8 nitrogen and oxygen atoms in total. The first kappa shape index (κ1) is 21.1. The van der Waals surface area contributed by atoms with Crippen LogP contribution in [0, 0.1) is 5.92 Å². The Labute approximate surface area is 191 Å². The maximum absolute atomic E-state index is 12.8. The van der Waals surface area contributed by atoms with Gasteiger partial charge in [-0.3, -0.25) is 9.48 Å². The van der Waals surface area contributed by atoms with Crippen LogP contribution in [0.4, 0.5) is 5.69 Å². The van der Waals surface area contributed by atoms with E-state index in [9.17, 15) is 4.79 Å². The van der Waals surface area contributed by atoms with Gasteiger partial charge in [0.25, 0.3) is 0 Å². The highest BCUT2D eigenvalue weighted by Gasteiger charge is 2.35. The van der Waals surface area contributed by atoms with Crippen molar-refractivity contribution in [2.75, 3.05) is 19.5 Å². The fourth-order valence-corrected chi connectivity index (χ4v) is 4.24. The number of nitrogens with one attached hydrogen (secondary N) is 1. The fraction of sp³-hybridized carbons (Fsp3) is 0.280. The number of ether oxygens (including phenoxy) is 2. The molecule has 33 heavy (non-hydrogen) atoms. The number of nitrogens with zero attached hydrogens (tertiary/aromatic N) is 4. The molecule has 0 saturated heterocycles. The van der Waals surface area contributed by atoms with Crippen molar-refractivity contribution in [1.82, 2.24) is 19.7 Å². The lowest BCUT2D eigenvalue weighted by Gasteiger charge is -2.33. The van der Waals surface area contributed by atoms with Crippen LogP contribution in [0.25, 0.3) is 33.4 Å². The molecule has 2 aromatic carbocycles. The van der Waals surface area contributed by atoms with E-state index in [0.29, 0.717) is 11.4 Å². The molecule has 0 spiro atoms. The summed E-state index contributed by atoms with van der Waals surface area (Å²) >= 11 is 0. The van der Waals surface area contributed by atoms with Gasteiger partial charge in [-0.25, -0.2) is 9.97 Å². The van der Waals surface area contributed by atoms with Crippen molar-refractivity contribution < 1.29 is 14.3 Å². The molecule has 0 bridgehead atoms. The molecule has 168 valence electrons. The van der Waals surface area contributed by atoms with Gasteiger partial charge in [-0.1, -0.05) is 30.3 Å². The number of carbonyl (C=O) groups excluding carboxylic acids is 1. The zero-order chi connectivity index (χ0) is 22.9. The highest BCUT2D eigenvalue weighted by atomic mass is 16.5. The third kappa shape index (κ3) is 3.93. The normalized spacial score (nSPS) is 17.5. The van der Waals surface area contributed by atoms with Crippen molar-refractivity contribution in [3.8, 4) is 28.3 Å². The van der Waals surface area contributed by atoms with E-state index >= 15 is 0 Å². The minimum absolute atomic E-state index is 0.0364. The van der Waals surface area contributed by atoms with E-state index in [0.717, 1.165) is 46.3 Å². The Balaban J connectivity index is 1.58. The highest BCUT2D eigenvalue weighted by molar-refractivity contribution is 6.02. The summed E-state index contributed by atoms with van der Waals surface area (Å²) in [6.07, 6.45) is 5.09. The molecule has 1 fully saturated rings. The number of hydrogen-bond donors (Lipinski definition) is 1. The van der Waals surface area contributed by atoms with Gasteiger partial charge in [0.05, 0.1) is 30.1 Å². The van der Waals surface area contributed by atoms with Crippen molar-refractivity contribution in [2.24, 2.45) is 13.0 Å². The standard InChI is InChI=1S/C25H25N5O3/c1-30-13-19(23(29-30)15-7-5-4-6-8-15)24-18-11-21(22(33-3)12-20(18)26-14-27-24)28-25(31)16-9-17(10-16)32-2/h4-8,11-14,16-17H,9-10H2,1-3H3,(H,28,31). The summed E-state index contributed by atoms with van der Waals surface area (Å²) in [4.78, 5) is 21.8. The van der Waals surface area contributed by atoms with Crippen LogP contribution in [-0.4, -0.2) is 46.0 Å². The third-order valence-corrected chi connectivity index (χ3v) is 6.14. The summed E-state index contributed by atoms with van der Waals surface area (Å²) in [6.45, 7) is 0. The van der Waals surface area contributed by atoms with Gasteiger partial charge >= 0.3 is 0 Å². The van der Waals surface area contributed by atoms with Crippen LogP contribution in [-0.2, 0) is 16.6 Å². The smallest absolute Gasteiger partial charge is 0.227 e. The Morgan fingerprint density at radius 1 is 1.09 bits per heavy atom. The number of aromatic nitrogens is 4. The summed E-state index contributed by atoms with van der Waals surface area (Å²) in [7, 11) is 5.15. The maximum atomic E-state index is 12.8. The molecule has 1 aliphatic rings. The van der Waals surface area contributed by atoms with Gasteiger partial charge in [0, 0.05) is 48.9 Å². The van der Waals surface area contributed by atoms with Gasteiger partial charge in [0.15, 0.2) is 0 Å². The molecule has 5 rings (SSSR count). The molecule has 8 heteroatoms. The number of benzene rings is 2. The lowest BCUT2D eigenvalue weighted by atomic mass is 9.81. The average molecular weight is 444 g/mol. The molecule has 2 aromatic heterocycles. The van der Waals surface area contributed by atoms with Crippen LogP contribution in [0.1, 0.15) is 12.8 Å². The summed E-state index contributed by atoms with van der Waals surface area (Å²) in [5.74, 6) is 0.452. The topological polar surface area (TPSA) is 91.2 Å². The third-order valence-electron chi connectivity index (χ3n) is 6.14. The second-order valence-electron chi connectivity index (χ2n) is 8.24. The van der Waals surface area contributed by atoms with E-state index in [2.05, 4.69) is 20.4 Å². The molecule has 2 heterocycles. The molecule has 0 atom stereocenters. The summed E-state index contributed by atoms with van der Waals surface area (Å²) in [5.41, 5.74) is 4.78. The zero-order valence-corrected chi connectivity index (χ0v) is 18.8. The summed E-state index contributed by atoms with van der Waals surface area (Å²) in [5, 5.41) is 8.52. The second kappa shape index (κ2) is 8.63. The predicted octanol–water partition coefficient (Wildman–Crippen LogP) is 4.07. The number of rotatable bonds is 6. The first-order valence-electron chi connectivity index (χ1n) is 10.8. The average Bonchev–Trinajstić information content (AvgIpc) is 3.19. The Bertz CT molecular complexity index is 1310. The molecule has 1 N–H and O–H groups in total. The minimum Gasteiger partial charge on any atom is -0.494 e. The van der Waals surface area contributed by atoms with Gasteiger partial charge in [-0.2, -0.15) is 5.10 Å². The van der Waals surface area contributed by atoms with Crippen LogP contribution in [0.15, 0.2) is 55.0 Å². The SMILES string of the molecule is COc1cc2ncnc(-c3cn(C)nc3-c3ccccc3)c2cc1NC(=O)C1CC(OC)C1. The van der Waals surface area contributed by atoms with Crippen LogP contribution >= 0.6 is 0 Å². The second-order valence-corrected chi connectivity index (χ2v) is 8.24. The molecular weight excluding hydrogens is 418 g/mol.